The van der Waals surface area contributed by atoms with Gasteiger partial charge in [-0.15, -0.1) is 6.58 Å². The molecule has 0 atom stereocenters. The Morgan fingerprint density at radius 3 is 2.75 bits per heavy atom. The number of nitro benzene ring substituents is 1. The highest BCUT2D eigenvalue weighted by Gasteiger charge is 2.14. The zero-order valence-corrected chi connectivity index (χ0v) is 11.2. The van der Waals surface area contributed by atoms with Crippen molar-refractivity contribution in [3.8, 4) is 0 Å². The molecular formula is C14H16N2O4. The van der Waals surface area contributed by atoms with Gasteiger partial charge in [0.2, 0.25) is 0 Å². The summed E-state index contributed by atoms with van der Waals surface area (Å²) in [6.07, 6.45) is 3.85. The van der Waals surface area contributed by atoms with Crippen LogP contribution in [0.4, 0.5) is 11.4 Å². The molecule has 20 heavy (non-hydrogen) atoms. The smallest absolute Gasteiger partial charge is 0.328 e. The van der Waals surface area contributed by atoms with E-state index in [2.05, 4.69) is 6.58 Å². The number of hydrogen-bond donors (Lipinski definition) is 1. The van der Waals surface area contributed by atoms with Crippen LogP contribution < -0.4 is 4.90 Å². The molecule has 106 valence electrons. The van der Waals surface area contributed by atoms with E-state index < -0.39 is 10.9 Å². The van der Waals surface area contributed by atoms with Gasteiger partial charge in [-0.1, -0.05) is 6.08 Å². The standard InChI is InChI=1S/C14H16N2O4/c1-3-9-15(4-2)12-6-7-13(16(19)20)11(10-12)5-8-14(17)18/h3,5-8,10H,1,4,9H2,2H3,(H,17,18)/b8-5+. The number of benzene rings is 1. The molecule has 0 amide bonds. The third-order valence-corrected chi connectivity index (χ3v) is 2.71. The van der Waals surface area contributed by atoms with Gasteiger partial charge in [-0.2, -0.15) is 0 Å². The Bertz CT molecular complexity index is 552. The molecule has 1 aromatic carbocycles. The Morgan fingerprint density at radius 2 is 2.25 bits per heavy atom. The molecule has 0 spiro atoms. The van der Waals surface area contributed by atoms with Crippen molar-refractivity contribution in [2.75, 3.05) is 18.0 Å². The fraction of sp³-hybridized carbons (Fsp3) is 0.214. The van der Waals surface area contributed by atoms with Crippen molar-refractivity contribution in [1.82, 2.24) is 0 Å². The second kappa shape index (κ2) is 7.08. The van der Waals surface area contributed by atoms with E-state index in [0.717, 1.165) is 11.8 Å². The predicted octanol–water partition coefficient (Wildman–Crippen LogP) is 2.70. The summed E-state index contributed by atoms with van der Waals surface area (Å²) in [6, 6.07) is 4.62. The Balaban J connectivity index is 3.25. The average Bonchev–Trinajstić information content (AvgIpc) is 2.42. The predicted molar refractivity (Wildman–Crippen MR) is 77.9 cm³/mol. The third kappa shape index (κ3) is 3.94. The van der Waals surface area contributed by atoms with Crippen LogP contribution in [0, 0.1) is 10.1 Å². The van der Waals surface area contributed by atoms with E-state index in [0.29, 0.717) is 13.1 Å². The van der Waals surface area contributed by atoms with Gasteiger partial charge < -0.3 is 10.0 Å². The zero-order valence-electron chi connectivity index (χ0n) is 11.2. The Hall–Kier alpha value is -2.63. The summed E-state index contributed by atoms with van der Waals surface area (Å²) < 4.78 is 0. The minimum absolute atomic E-state index is 0.124. The minimum atomic E-state index is -1.15. The maximum atomic E-state index is 10.9. The quantitative estimate of drug-likeness (QED) is 0.358. The molecular weight excluding hydrogens is 260 g/mol. The van der Waals surface area contributed by atoms with Crippen LogP contribution in [0.3, 0.4) is 0 Å². The van der Waals surface area contributed by atoms with E-state index >= 15 is 0 Å². The van der Waals surface area contributed by atoms with Gasteiger partial charge in [0.1, 0.15) is 0 Å². The largest absolute Gasteiger partial charge is 0.478 e. The van der Waals surface area contributed by atoms with Crippen molar-refractivity contribution in [3.63, 3.8) is 0 Å². The van der Waals surface area contributed by atoms with Crippen LogP contribution >= 0.6 is 0 Å². The SMILES string of the molecule is C=CCN(CC)c1ccc([N+](=O)[O-])c(/C=C/C(=O)O)c1. The molecule has 0 heterocycles. The first-order valence-corrected chi connectivity index (χ1v) is 6.04. The van der Waals surface area contributed by atoms with Gasteiger partial charge in [-0.05, 0) is 25.1 Å². The lowest BCUT2D eigenvalue weighted by molar-refractivity contribution is -0.385. The molecule has 0 radical (unpaired) electrons. The lowest BCUT2D eigenvalue weighted by Crippen LogP contribution is -2.22. The number of anilines is 1. The molecule has 1 aromatic rings. The molecule has 0 saturated carbocycles. The molecule has 0 fully saturated rings. The van der Waals surface area contributed by atoms with Gasteiger partial charge in [-0.25, -0.2) is 4.79 Å². The Labute approximate surface area is 116 Å². The van der Waals surface area contributed by atoms with Crippen LogP contribution in [0.5, 0.6) is 0 Å². The first-order valence-electron chi connectivity index (χ1n) is 6.04. The van der Waals surface area contributed by atoms with Gasteiger partial charge in [0.25, 0.3) is 5.69 Å². The van der Waals surface area contributed by atoms with E-state index in [-0.39, 0.29) is 11.3 Å². The van der Waals surface area contributed by atoms with E-state index in [4.69, 9.17) is 5.11 Å². The van der Waals surface area contributed by atoms with Crippen molar-refractivity contribution in [3.05, 3.63) is 52.6 Å². The summed E-state index contributed by atoms with van der Waals surface area (Å²) in [4.78, 5) is 22.9. The summed E-state index contributed by atoms with van der Waals surface area (Å²) in [5.41, 5.74) is 0.918. The first-order chi connectivity index (χ1) is 9.49. The number of rotatable bonds is 7. The lowest BCUT2D eigenvalue weighted by atomic mass is 10.1. The van der Waals surface area contributed by atoms with Gasteiger partial charge >= 0.3 is 5.97 Å². The lowest BCUT2D eigenvalue weighted by Gasteiger charge is -2.21. The van der Waals surface area contributed by atoms with Crippen molar-refractivity contribution in [1.29, 1.82) is 0 Å². The highest BCUT2D eigenvalue weighted by molar-refractivity contribution is 5.86. The minimum Gasteiger partial charge on any atom is -0.478 e. The topological polar surface area (TPSA) is 83.7 Å². The van der Waals surface area contributed by atoms with Crippen LogP contribution in [0.25, 0.3) is 6.08 Å². The number of nitro groups is 1. The molecule has 6 nitrogen and oxygen atoms in total. The number of likely N-dealkylation sites (N-methyl/N-ethyl adjacent to an activating group) is 1. The van der Waals surface area contributed by atoms with Gasteiger partial charge in [0.05, 0.1) is 10.5 Å². The summed E-state index contributed by atoms with van der Waals surface area (Å²) in [6.45, 7) is 6.94. The van der Waals surface area contributed by atoms with E-state index in [1.807, 2.05) is 11.8 Å². The van der Waals surface area contributed by atoms with E-state index in [1.54, 1.807) is 18.2 Å². The molecule has 6 heteroatoms. The number of carboxylic acid groups (broad SMARTS) is 1. The van der Waals surface area contributed by atoms with E-state index in [9.17, 15) is 14.9 Å². The monoisotopic (exact) mass is 276 g/mol. The molecule has 0 bridgehead atoms. The molecule has 0 unspecified atom stereocenters. The fourth-order valence-corrected chi connectivity index (χ4v) is 1.77. The van der Waals surface area contributed by atoms with Crippen molar-refractivity contribution < 1.29 is 14.8 Å². The Morgan fingerprint density at radius 1 is 1.55 bits per heavy atom. The molecule has 0 aliphatic rings. The molecule has 0 aromatic heterocycles. The maximum absolute atomic E-state index is 10.9. The zero-order chi connectivity index (χ0) is 15.1. The number of carbonyl (C=O) groups is 1. The highest BCUT2D eigenvalue weighted by atomic mass is 16.6. The summed E-state index contributed by atoms with van der Waals surface area (Å²) in [5.74, 6) is -1.15. The summed E-state index contributed by atoms with van der Waals surface area (Å²) in [7, 11) is 0. The number of nitrogens with zero attached hydrogens (tertiary/aromatic N) is 2. The van der Waals surface area contributed by atoms with Gasteiger partial charge in [0, 0.05) is 30.9 Å². The molecule has 1 rings (SSSR count). The molecule has 0 saturated heterocycles. The van der Waals surface area contributed by atoms with E-state index in [1.165, 1.54) is 12.1 Å². The third-order valence-electron chi connectivity index (χ3n) is 2.71. The Kier molecular flexibility index (Phi) is 5.46. The van der Waals surface area contributed by atoms with Crippen LogP contribution in [0.1, 0.15) is 12.5 Å². The molecule has 0 aliphatic carbocycles. The van der Waals surface area contributed by atoms with Crippen molar-refractivity contribution >= 4 is 23.4 Å². The van der Waals surface area contributed by atoms with Crippen molar-refractivity contribution in [2.45, 2.75) is 6.92 Å². The summed E-state index contributed by atoms with van der Waals surface area (Å²) >= 11 is 0. The number of carboxylic acids is 1. The maximum Gasteiger partial charge on any atom is 0.328 e. The second-order valence-corrected chi connectivity index (χ2v) is 4.00. The number of aliphatic carboxylic acids is 1. The van der Waals surface area contributed by atoms with Crippen LogP contribution in [-0.2, 0) is 4.79 Å². The van der Waals surface area contributed by atoms with Gasteiger partial charge in [0.15, 0.2) is 0 Å². The first kappa shape index (κ1) is 15.4. The average molecular weight is 276 g/mol. The van der Waals surface area contributed by atoms with Crippen molar-refractivity contribution in [2.24, 2.45) is 0 Å². The van der Waals surface area contributed by atoms with Gasteiger partial charge in [-0.3, -0.25) is 10.1 Å². The van der Waals surface area contributed by atoms with Crippen LogP contribution in [0.15, 0.2) is 36.9 Å². The van der Waals surface area contributed by atoms with Crippen LogP contribution in [-0.4, -0.2) is 29.1 Å². The highest BCUT2D eigenvalue weighted by Crippen LogP contribution is 2.26. The molecule has 0 aliphatic heterocycles. The second-order valence-electron chi connectivity index (χ2n) is 4.00. The normalized spacial score (nSPS) is 10.4. The van der Waals surface area contributed by atoms with Crippen LogP contribution in [0.2, 0.25) is 0 Å². The summed E-state index contributed by atoms with van der Waals surface area (Å²) in [5, 5.41) is 19.6. The number of hydrogen-bond acceptors (Lipinski definition) is 4. The fourth-order valence-electron chi connectivity index (χ4n) is 1.77. The molecule has 1 N–H and O–H groups in total.